The van der Waals surface area contributed by atoms with E-state index < -0.39 is 35.7 Å². The van der Waals surface area contributed by atoms with Gasteiger partial charge in [-0.1, -0.05) is 20.8 Å². The van der Waals surface area contributed by atoms with Crippen molar-refractivity contribution in [3.8, 4) is 0 Å². The van der Waals surface area contributed by atoms with Crippen molar-refractivity contribution in [3.63, 3.8) is 0 Å². The Bertz CT molecular complexity index is 394. The van der Waals surface area contributed by atoms with E-state index in [0.717, 1.165) is 0 Å². The van der Waals surface area contributed by atoms with Crippen LogP contribution in [-0.2, 0) is 14.3 Å². The van der Waals surface area contributed by atoms with E-state index in [2.05, 4.69) is 5.32 Å². The van der Waals surface area contributed by atoms with Crippen molar-refractivity contribution in [2.45, 2.75) is 85.2 Å². The minimum absolute atomic E-state index is 0.261. The maximum absolute atomic E-state index is 12.2. The number of hydrogen-bond donors (Lipinski definition) is 3. The van der Waals surface area contributed by atoms with Gasteiger partial charge >= 0.3 is 5.97 Å². The highest BCUT2D eigenvalue weighted by Crippen LogP contribution is 2.20. The van der Waals surface area contributed by atoms with E-state index in [9.17, 15) is 14.7 Å². The number of carbonyl (C=O) groups is 2. The Morgan fingerprint density at radius 2 is 1.55 bits per heavy atom. The van der Waals surface area contributed by atoms with Gasteiger partial charge < -0.3 is 15.6 Å². The van der Waals surface area contributed by atoms with Crippen LogP contribution in [0.3, 0.4) is 0 Å². The van der Waals surface area contributed by atoms with Gasteiger partial charge in [-0.15, -0.1) is 0 Å². The third-order valence-electron chi connectivity index (χ3n) is 3.13. The highest BCUT2D eigenvalue weighted by atomic mass is 16.6. The van der Waals surface area contributed by atoms with Gasteiger partial charge in [-0.3, -0.25) is 14.9 Å². The molecule has 0 radical (unpaired) electrons. The molecule has 0 fully saturated rings. The van der Waals surface area contributed by atoms with E-state index in [4.69, 9.17) is 10.5 Å². The Kier molecular flexibility index (Phi) is 7.19. The number of hydrogen-bond acceptors (Lipinski definition) is 6. The molecule has 0 amide bonds. The molecule has 0 aliphatic heterocycles. The summed E-state index contributed by atoms with van der Waals surface area (Å²) in [7, 11) is 0. The maximum atomic E-state index is 12.2. The van der Waals surface area contributed by atoms with Crippen LogP contribution in [0.25, 0.3) is 0 Å². The van der Waals surface area contributed by atoms with E-state index in [1.54, 1.807) is 27.7 Å². The second kappa shape index (κ2) is 7.53. The molecular formula is C16H32N2O4. The number of aliphatic hydroxyl groups is 1. The van der Waals surface area contributed by atoms with E-state index in [-0.39, 0.29) is 11.3 Å². The smallest absolute Gasteiger partial charge is 0.323 e. The summed E-state index contributed by atoms with van der Waals surface area (Å²) in [6.45, 7) is 14.1. The zero-order valence-corrected chi connectivity index (χ0v) is 15.1. The minimum Gasteiger partial charge on any atom is -0.456 e. The lowest BCUT2D eigenvalue weighted by Crippen LogP contribution is -2.55. The molecule has 6 nitrogen and oxygen atoms in total. The standard InChI is InChI=1S/C16H32N2O4/c1-9(18-16(6,7)8)14(21)22-12(10(2)19)11(17)13(20)15(3,4)5/h9-12,18-19H,17H2,1-8H3. The van der Waals surface area contributed by atoms with Gasteiger partial charge in [-0.05, 0) is 34.6 Å². The van der Waals surface area contributed by atoms with Gasteiger partial charge in [0.05, 0.1) is 6.10 Å². The van der Waals surface area contributed by atoms with Gasteiger partial charge in [-0.2, -0.15) is 0 Å². The van der Waals surface area contributed by atoms with Gasteiger partial charge in [0.15, 0.2) is 5.78 Å². The Hall–Kier alpha value is -0.980. The normalized spacial score (nSPS) is 18.3. The Labute approximate surface area is 133 Å². The highest BCUT2D eigenvalue weighted by molar-refractivity contribution is 5.89. The monoisotopic (exact) mass is 316 g/mol. The first-order chi connectivity index (χ1) is 9.66. The van der Waals surface area contributed by atoms with E-state index in [1.807, 2.05) is 20.8 Å². The molecule has 0 aliphatic carbocycles. The van der Waals surface area contributed by atoms with Crippen molar-refractivity contribution in [1.82, 2.24) is 5.32 Å². The summed E-state index contributed by atoms with van der Waals surface area (Å²) in [4.78, 5) is 24.4. The van der Waals surface area contributed by atoms with Gasteiger partial charge in [0.2, 0.25) is 0 Å². The average Bonchev–Trinajstić information content (AvgIpc) is 2.30. The van der Waals surface area contributed by atoms with Crippen molar-refractivity contribution in [2.75, 3.05) is 0 Å². The van der Waals surface area contributed by atoms with E-state index in [1.165, 1.54) is 6.92 Å². The van der Waals surface area contributed by atoms with Crippen molar-refractivity contribution >= 4 is 11.8 Å². The lowest BCUT2D eigenvalue weighted by atomic mass is 9.84. The van der Waals surface area contributed by atoms with Crippen LogP contribution in [0, 0.1) is 5.41 Å². The molecule has 0 aromatic carbocycles. The number of ketones is 1. The largest absolute Gasteiger partial charge is 0.456 e. The van der Waals surface area contributed by atoms with Crippen LogP contribution in [0.5, 0.6) is 0 Å². The number of aliphatic hydroxyl groups excluding tert-OH is 1. The number of nitrogens with one attached hydrogen (secondary N) is 1. The summed E-state index contributed by atoms with van der Waals surface area (Å²) in [5.74, 6) is -0.805. The first-order valence-corrected chi connectivity index (χ1v) is 7.63. The fraction of sp³-hybridized carbons (Fsp3) is 0.875. The SMILES string of the molecule is CC(NC(C)(C)C)C(=O)OC(C(C)O)C(N)C(=O)C(C)(C)C. The fourth-order valence-electron chi connectivity index (χ4n) is 2.07. The zero-order chi connectivity index (χ0) is 17.9. The summed E-state index contributed by atoms with van der Waals surface area (Å²) in [6, 6.07) is -1.64. The van der Waals surface area contributed by atoms with Crippen LogP contribution in [0.15, 0.2) is 0 Å². The highest BCUT2D eigenvalue weighted by Gasteiger charge is 2.38. The van der Waals surface area contributed by atoms with E-state index >= 15 is 0 Å². The summed E-state index contributed by atoms with van der Waals surface area (Å²) in [5, 5.41) is 12.9. The molecule has 4 atom stereocenters. The number of ether oxygens (including phenoxy) is 1. The second-order valence-corrected chi connectivity index (χ2v) is 7.90. The Balaban J connectivity index is 5.00. The Morgan fingerprint density at radius 1 is 1.09 bits per heavy atom. The molecule has 0 rings (SSSR count). The van der Waals surface area contributed by atoms with Crippen molar-refractivity contribution in [2.24, 2.45) is 11.1 Å². The summed E-state index contributed by atoms with van der Waals surface area (Å²) >= 11 is 0. The molecule has 0 spiro atoms. The topological polar surface area (TPSA) is 102 Å². The minimum atomic E-state index is -1.07. The van der Waals surface area contributed by atoms with Crippen LogP contribution >= 0.6 is 0 Å². The lowest BCUT2D eigenvalue weighted by molar-refractivity contribution is -0.160. The van der Waals surface area contributed by atoms with Crippen LogP contribution in [0.2, 0.25) is 0 Å². The van der Waals surface area contributed by atoms with Crippen LogP contribution < -0.4 is 11.1 Å². The molecule has 0 aromatic rings. The molecule has 130 valence electrons. The summed E-state index contributed by atoms with van der Waals surface area (Å²) in [6.07, 6.45) is -2.10. The van der Waals surface area contributed by atoms with Crippen molar-refractivity contribution < 1.29 is 19.4 Å². The third-order valence-corrected chi connectivity index (χ3v) is 3.13. The van der Waals surface area contributed by atoms with Gasteiger partial charge in [0, 0.05) is 11.0 Å². The summed E-state index contributed by atoms with van der Waals surface area (Å²) in [5.41, 5.74) is 4.98. The van der Waals surface area contributed by atoms with Gasteiger partial charge in [0.1, 0.15) is 18.2 Å². The number of rotatable bonds is 6. The maximum Gasteiger partial charge on any atom is 0.323 e. The predicted molar refractivity (Wildman–Crippen MR) is 86.3 cm³/mol. The third kappa shape index (κ3) is 6.85. The summed E-state index contributed by atoms with van der Waals surface area (Å²) < 4.78 is 5.30. The quantitative estimate of drug-likeness (QED) is 0.632. The van der Waals surface area contributed by atoms with Gasteiger partial charge in [-0.25, -0.2) is 0 Å². The number of Topliss-reactive ketones (excluding diaryl/α,β-unsaturated/α-hetero) is 1. The molecule has 0 bridgehead atoms. The number of nitrogens with two attached hydrogens (primary N) is 1. The molecule has 0 saturated heterocycles. The molecule has 4 N–H and O–H groups in total. The fourth-order valence-corrected chi connectivity index (χ4v) is 2.07. The Morgan fingerprint density at radius 3 is 1.86 bits per heavy atom. The number of esters is 1. The van der Waals surface area contributed by atoms with Crippen molar-refractivity contribution in [1.29, 1.82) is 0 Å². The predicted octanol–water partition coefficient (Wildman–Crippen LogP) is 0.998. The molecule has 0 aliphatic rings. The molecule has 22 heavy (non-hydrogen) atoms. The molecule has 4 unspecified atom stereocenters. The molecule has 0 saturated carbocycles. The first kappa shape index (κ1) is 21.0. The van der Waals surface area contributed by atoms with Crippen LogP contribution in [0.4, 0.5) is 0 Å². The van der Waals surface area contributed by atoms with Crippen LogP contribution in [0.1, 0.15) is 55.4 Å². The second-order valence-electron chi connectivity index (χ2n) is 7.90. The molecular weight excluding hydrogens is 284 g/mol. The van der Waals surface area contributed by atoms with Gasteiger partial charge in [0.25, 0.3) is 0 Å². The first-order valence-electron chi connectivity index (χ1n) is 7.63. The number of carbonyl (C=O) groups excluding carboxylic acids is 2. The molecule has 0 aromatic heterocycles. The zero-order valence-electron chi connectivity index (χ0n) is 15.1. The molecule has 0 heterocycles. The molecule has 6 heteroatoms. The van der Waals surface area contributed by atoms with E-state index in [0.29, 0.717) is 0 Å². The van der Waals surface area contributed by atoms with Crippen LogP contribution in [-0.4, -0.2) is 46.7 Å². The van der Waals surface area contributed by atoms with Crippen molar-refractivity contribution in [3.05, 3.63) is 0 Å². The average molecular weight is 316 g/mol. The lowest BCUT2D eigenvalue weighted by Gasteiger charge is -2.31.